The normalized spacial score (nSPS) is 12.4. The van der Waals surface area contributed by atoms with Crippen molar-refractivity contribution in [1.29, 1.82) is 0 Å². The second-order valence-corrected chi connectivity index (χ2v) is 6.20. The third-order valence-corrected chi connectivity index (χ3v) is 4.03. The maximum Gasteiger partial charge on any atom is 0.408 e. The molecule has 0 saturated heterocycles. The van der Waals surface area contributed by atoms with Gasteiger partial charge in [-0.3, -0.25) is 4.79 Å². The zero-order valence-corrected chi connectivity index (χ0v) is 15.9. The highest BCUT2D eigenvalue weighted by Gasteiger charge is 2.25. The highest BCUT2D eigenvalue weighted by atomic mass is 16.5. The summed E-state index contributed by atoms with van der Waals surface area (Å²) in [5.74, 6) is -1.07. The van der Waals surface area contributed by atoms with E-state index in [1.165, 1.54) is 14.0 Å². The molecule has 0 saturated carbocycles. The number of hydrogen-bond acceptors (Lipinski definition) is 5. The number of alkyl carbamates (subject to hydrolysis) is 1. The van der Waals surface area contributed by atoms with E-state index in [4.69, 9.17) is 9.47 Å². The summed E-state index contributed by atoms with van der Waals surface area (Å²) >= 11 is 0. The summed E-state index contributed by atoms with van der Waals surface area (Å²) in [5.41, 5.74) is 1.71. The van der Waals surface area contributed by atoms with Gasteiger partial charge in [-0.1, -0.05) is 60.7 Å². The first kappa shape index (κ1) is 21.0. The minimum Gasteiger partial charge on any atom is -0.467 e. The smallest absolute Gasteiger partial charge is 0.408 e. The molecule has 0 aliphatic carbocycles. The standard InChI is InChI=1S/C21H24N2O5/c1-15(22-21(26)28-14-17-11-7-4-8-12-17)19(24)23-18(20(25)27-2)13-16-9-5-3-6-10-16/h3-12,15,18H,13-14H2,1-2H3,(H,22,26)(H,23,24). The predicted octanol–water partition coefficient (Wildman–Crippen LogP) is 2.20. The van der Waals surface area contributed by atoms with Gasteiger partial charge in [-0.2, -0.15) is 0 Å². The molecule has 0 aliphatic rings. The van der Waals surface area contributed by atoms with Crippen LogP contribution in [0.15, 0.2) is 60.7 Å². The van der Waals surface area contributed by atoms with Gasteiger partial charge in [0.15, 0.2) is 0 Å². The van der Waals surface area contributed by atoms with E-state index >= 15 is 0 Å². The summed E-state index contributed by atoms with van der Waals surface area (Å²) in [5, 5.41) is 5.06. The molecule has 0 aromatic heterocycles. The molecule has 2 aromatic rings. The van der Waals surface area contributed by atoms with Crippen molar-refractivity contribution in [1.82, 2.24) is 10.6 Å². The molecule has 28 heavy (non-hydrogen) atoms. The average Bonchev–Trinajstić information content (AvgIpc) is 2.72. The first-order chi connectivity index (χ1) is 13.5. The van der Waals surface area contributed by atoms with E-state index in [9.17, 15) is 14.4 Å². The van der Waals surface area contributed by atoms with Crippen molar-refractivity contribution in [3.8, 4) is 0 Å². The fourth-order valence-electron chi connectivity index (χ4n) is 2.49. The van der Waals surface area contributed by atoms with Gasteiger partial charge in [-0.25, -0.2) is 9.59 Å². The largest absolute Gasteiger partial charge is 0.467 e. The number of methoxy groups -OCH3 is 1. The number of carbonyl (C=O) groups is 3. The summed E-state index contributed by atoms with van der Waals surface area (Å²) in [6, 6.07) is 16.7. The van der Waals surface area contributed by atoms with Crippen molar-refractivity contribution < 1.29 is 23.9 Å². The lowest BCUT2D eigenvalue weighted by Crippen LogP contribution is -2.51. The van der Waals surface area contributed by atoms with E-state index in [1.54, 1.807) is 0 Å². The Morgan fingerprint density at radius 1 is 0.893 bits per heavy atom. The highest BCUT2D eigenvalue weighted by Crippen LogP contribution is 2.05. The SMILES string of the molecule is COC(=O)C(Cc1ccccc1)NC(=O)C(C)NC(=O)OCc1ccccc1. The summed E-state index contributed by atoms with van der Waals surface area (Å²) in [6.07, 6.45) is -0.436. The highest BCUT2D eigenvalue weighted by molar-refractivity contribution is 5.89. The number of ether oxygens (including phenoxy) is 2. The van der Waals surface area contributed by atoms with Crippen molar-refractivity contribution >= 4 is 18.0 Å². The van der Waals surface area contributed by atoms with Gasteiger partial charge in [0.2, 0.25) is 5.91 Å². The van der Waals surface area contributed by atoms with Gasteiger partial charge >= 0.3 is 12.1 Å². The Hall–Kier alpha value is -3.35. The summed E-state index contributed by atoms with van der Waals surface area (Å²) in [6.45, 7) is 1.61. The molecule has 0 heterocycles. The van der Waals surface area contributed by atoms with Gasteiger partial charge in [0.1, 0.15) is 18.7 Å². The van der Waals surface area contributed by atoms with Crippen LogP contribution in [0.3, 0.4) is 0 Å². The average molecular weight is 384 g/mol. The van der Waals surface area contributed by atoms with Crippen LogP contribution in [0.1, 0.15) is 18.1 Å². The quantitative estimate of drug-likeness (QED) is 0.681. The third-order valence-electron chi connectivity index (χ3n) is 4.03. The van der Waals surface area contributed by atoms with E-state index in [-0.39, 0.29) is 13.0 Å². The number of amides is 2. The lowest BCUT2D eigenvalue weighted by atomic mass is 10.1. The fraction of sp³-hybridized carbons (Fsp3) is 0.286. The summed E-state index contributed by atoms with van der Waals surface area (Å²) in [7, 11) is 1.26. The van der Waals surface area contributed by atoms with E-state index < -0.39 is 30.1 Å². The Balaban J connectivity index is 1.87. The van der Waals surface area contributed by atoms with Gasteiger partial charge in [0.05, 0.1) is 7.11 Å². The lowest BCUT2D eigenvalue weighted by Gasteiger charge is -2.20. The van der Waals surface area contributed by atoms with Gasteiger partial charge in [0.25, 0.3) is 0 Å². The molecule has 0 fully saturated rings. The van der Waals surface area contributed by atoms with E-state index in [2.05, 4.69) is 10.6 Å². The number of esters is 1. The van der Waals surface area contributed by atoms with Gasteiger partial charge in [-0.15, -0.1) is 0 Å². The van der Waals surface area contributed by atoms with Crippen LogP contribution in [-0.2, 0) is 32.1 Å². The first-order valence-electron chi connectivity index (χ1n) is 8.89. The zero-order valence-electron chi connectivity index (χ0n) is 15.9. The zero-order chi connectivity index (χ0) is 20.4. The molecule has 0 spiro atoms. The number of rotatable bonds is 8. The molecule has 148 valence electrons. The molecule has 0 radical (unpaired) electrons. The Morgan fingerprint density at radius 3 is 2.04 bits per heavy atom. The van der Waals surface area contributed by atoms with Crippen LogP contribution in [0.5, 0.6) is 0 Å². The molecular weight excluding hydrogens is 360 g/mol. The molecule has 7 nitrogen and oxygen atoms in total. The second kappa shape index (κ2) is 10.7. The van der Waals surface area contributed by atoms with Gasteiger partial charge < -0.3 is 20.1 Å². The number of carbonyl (C=O) groups excluding carboxylic acids is 3. The monoisotopic (exact) mass is 384 g/mol. The predicted molar refractivity (Wildman–Crippen MR) is 103 cm³/mol. The number of hydrogen-bond donors (Lipinski definition) is 2. The molecule has 2 unspecified atom stereocenters. The molecule has 0 bridgehead atoms. The van der Waals surface area contributed by atoms with E-state index in [0.717, 1.165) is 11.1 Å². The van der Waals surface area contributed by atoms with Crippen LogP contribution in [0.2, 0.25) is 0 Å². The first-order valence-corrected chi connectivity index (χ1v) is 8.89. The molecule has 7 heteroatoms. The molecule has 2 aromatic carbocycles. The topological polar surface area (TPSA) is 93.7 Å². The van der Waals surface area contributed by atoms with Crippen molar-refractivity contribution in [2.24, 2.45) is 0 Å². The lowest BCUT2D eigenvalue weighted by molar-refractivity contribution is -0.145. The van der Waals surface area contributed by atoms with Crippen molar-refractivity contribution in [3.63, 3.8) is 0 Å². The van der Waals surface area contributed by atoms with E-state index in [0.29, 0.717) is 0 Å². The number of benzene rings is 2. The van der Waals surface area contributed by atoms with Crippen LogP contribution in [0, 0.1) is 0 Å². The van der Waals surface area contributed by atoms with Crippen LogP contribution in [0.25, 0.3) is 0 Å². The molecule has 0 aliphatic heterocycles. The van der Waals surface area contributed by atoms with Gasteiger partial charge in [0, 0.05) is 6.42 Å². The molecule has 2 amide bonds. The van der Waals surface area contributed by atoms with E-state index in [1.807, 2.05) is 60.7 Å². The minimum atomic E-state index is -0.883. The Labute approximate surface area is 164 Å². The van der Waals surface area contributed by atoms with Crippen molar-refractivity contribution in [3.05, 3.63) is 71.8 Å². The van der Waals surface area contributed by atoms with Gasteiger partial charge in [-0.05, 0) is 18.1 Å². The summed E-state index contributed by atoms with van der Waals surface area (Å²) in [4.78, 5) is 36.3. The van der Waals surface area contributed by atoms with Crippen LogP contribution >= 0.6 is 0 Å². The second-order valence-electron chi connectivity index (χ2n) is 6.20. The molecule has 2 rings (SSSR count). The Morgan fingerprint density at radius 2 is 1.46 bits per heavy atom. The van der Waals surface area contributed by atoms with Crippen LogP contribution < -0.4 is 10.6 Å². The minimum absolute atomic E-state index is 0.0970. The third kappa shape index (κ3) is 6.75. The van der Waals surface area contributed by atoms with Crippen LogP contribution in [-0.4, -0.2) is 37.2 Å². The molecular formula is C21H24N2O5. The maximum absolute atomic E-state index is 12.4. The van der Waals surface area contributed by atoms with Crippen molar-refractivity contribution in [2.45, 2.75) is 32.0 Å². The summed E-state index contributed by atoms with van der Waals surface area (Å²) < 4.78 is 9.86. The fourth-order valence-corrected chi connectivity index (χ4v) is 2.49. The molecule has 2 atom stereocenters. The maximum atomic E-state index is 12.4. The Bertz CT molecular complexity index is 780. The Kier molecular flexibility index (Phi) is 8.02. The van der Waals surface area contributed by atoms with Crippen molar-refractivity contribution in [2.75, 3.05) is 7.11 Å². The molecule has 2 N–H and O–H groups in total. The number of nitrogens with one attached hydrogen (secondary N) is 2. The van der Waals surface area contributed by atoms with Crippen LogP contribution in [0.4, 0.5) is 4.79 Å².